The van der Waals surface area contributed by atoms with Crippen molar-refractivity contribution in [3.8, 4) is 0 Å². The van der Waals surface area contributed by atoms with E-state index >= 15 is 0 Å². The van der Waals surface area contributed by atoms with Gasteiger partial charge in [-0.3, -0.25) is 21.6 Å². The maximum Gasteiger partial charge on any atom is 0.255 e. The number of rotatable bonds is 5. The maximum atomic E-state index is 12.4. The van der Waals surface area contributed by atoms with Crippen molar-refractivity contribution in [2.45, 2.75) is 6.17 Å². The van der Waals surface area contributed by atoms with E-state index in [1.165, 1.54) is 0 Å². The van der Waals surface area contributed by atoms with Crippen LogP contribution in [0.25, 0.3) is 10.9 Å². The molecule has 0 spiro atoms. The molecule has 0 aliphatic carbocycles. The molecule has 0 saturated heterocycles. The number of aromatic amines is 1. The third-order valence-electron chi connectivity index (χ3n) is 3.51. The van der Waals surface area contributed by atoms with E-state index in [1.54, 1.807) is 30.5 Å². The molecule has 1 aromatic heterocycles. The summed E-state index contributed by atoms with van der Waals surface area (Å²) in [6, 6.07) is 12.6. The van der Waals surface area contributed by atoms with Crippen LogP contribution in [-0.2, 0) is 0 Å². The molecule has 8 N–H and O–H groups in total. The molecule has 8 heteroatoms. The highest BCUT2D eigenvalue weighted by molar-refractivity contribution is 6.06. The van der Waals surface area contributed by atoms with Gasteiger partial charge in [0.15, 0.2) is 0 Å². The second-order valence-electron chi connectivity index (χ2n) is 5.02. The molecule has 3 rings (SSSR count). The number of hydrogen-bond donors (Lipinski definition) is 6. The topological polar surface area (TPSA) is 134 Å². The lowest BCUT2D eigenvalue weighted by Gasteiger charge is -2.16. The summed E-state index contributed by atoms with van der Waals surface area (Å²) in [5, 5.41) is 10.5. The second kappa shape index (κ2) is 6.55. The molecule has 0 atom stereocenters. The van der Waals surface area contributed by atoms with Gasteiger partial charge in [0.05, 0.1) is 11.7 Å². The predicted molar refractivity (Wildman–Crippen MR) is 87.9 cm³/mol. The van der Waals surface area contributed by atoms with Gasteiger partial charge in [-0.2, -0.15) is 5.10 Å². The zero-order valence-electron chi connectivity index (χ0n) is 12.2. The quantitative estimate of drug-likeness (QED) is 0.234. The molecule has 0 bridgehead atoms. The molecule has 8 nitrogen and oxygen atoms in total. The van der Waals surface area contributed by atoms with Crippen molar-refractivity contribution in [3.63, 3.8) is 0 Å². The largest absolute Gasteiger partial charge is 0.322 e. The number of aromatic nitrogens is 2. The van der Waals surface area contributed by atoms with Gasteiger partial charge in [-0.05, 0) is 35.9 Å². The molecule has 1 amide bonds. The Hall–Kier alpha value is -2.78. The van der Waals surface area contributed by atoms with Gasteiger partial charge in [0.2, 0.25) is 0 Å². The molecule has 23 heavy (non-hydrogen) atoms. The van der Waals surface area contributed by atoms with E-state index in [-0.39, 0.29) is 5.91 Å². The standard InChI is InChI=1S/C15H17N7O/c16-20-14(21-17)9-2-1-3-12(7-9)19-15(23)10-4-5-13-11(6-10)8-18-22-13/h1-8,14,20-21H,16-17H2,(H,18,22)(H,19,23). The zero-order chi connectivity index (χ0) is 16.2. The molecular formula is C15H17N7O. The molecule has 0 saturated carbocycles. The maximum absolute atomic E-state index is 12.4. The van der Waals surface area contributed by atoms with Crippen LogP contribution in [0.5, 0.6) is 0 Å². The SMILES string of the molecule is NNC(NN)c1cccc(NC(=O)c2ccc3[nH]ncc3c2)c1. The summed E-state index contributed by atoms with van der Waals surface area (Å²) in [4.78, 5) is 12.4. The van der Waals surface area contributed by atoms with Gasteiger partial charge in [-0.25, -0.2) is 10.9 Å². The van der Waals surface area contributed by atoms with E-state index in [0.717, 1.165) is 16.5 Å². The van der Waals surface area contributed by atoms with E-state index < -0.39 is 6.17 Å². The van der Waals surface area contributed by atoms with Crippen molar-refractivity contribution in [1.82, 2.24) is 21.0 Å². The first-order chi connectivity index (χ1) is 11.2. The van der Waals surface area contributed by atoms with Crippen LogP contribution in [0.2, 0.25) is 0 Å². The molecule has 2 aromatic carbocycles. The van der Waals surface area contributed by atoms with Crippen molar-refractivity contribution >= 4 is 22.5 Å². The lowest BCUT2D eigenvalue weighted by atomic mass is 10.1. The molecule has 118 valence electrons. The smallest absolute Gasteiger partial charge is 0.255 e. The number of fused-ring (bicyclic) bond motifs is 1. The minimum Gasteiger partial charge on any atom is -0.322 e. The van der Waals surface area contributed by atoms with Gasteiger partial charge in [0.1, 0.15) is 6.17 Å². The van der Waals surface area contributed by atoms with Crippen molar-refractivity contribution in [2.24, 2.45) is 11.7 Å². The summed E-state index contributed by atoms with van der Waals surface area (Å²) in [5.74, 6) is 10.6. The summed E-state index contributed by atoms with van der Waals surface area (Å²) in [5.41, 5.74) is 7.96. The Morgan fingerprint density at radius 3 is 2.74 bits per heavy atom. The first kappa shape index (κ1) is 15.1. The van der Waals surface area contributed by atoms with Gasteiger partial charge in [0.25, 0.3) is 5.91 Å². The first-order valence-corrected chi connectivity index (χ1v) is 6.98. The van der Waals surface area contributed by atoms with E-state index in [4.69, 9.17) is 11.7 Å². The number of carbonyl (C=O) groups is 1. The van der Waals surface area contributed by atoms with Crippen molar-refractivity contribution in [2.75, 3.05) is 5.32 Å². The Morgan fingerprint density at radius 1 is 1.13 bits per heavy atom. The fourth-order valence-corrected chi connectivity index (χ4v) is 2.32. The highest BCUT2D eigenvalue weighted by Gasteiger charge is 2.10. The third kappa shape index (κ3) is 3.20. The monoisotopic (exact) mass is 311 g/mol. The third-order valence-corrected chi connectivity index (χ3v) is 3.51. The molecule has 3 aromatic rings. The van der Waals surface area contributed by atoms with Crippen LogP contribution in [-0.4, -0.2) is 16.1 Å². The van der Waals surface area contributed by atoms with Crippen LogP contribution in [0.4, 0.5) is 5.69 Å². The summed E-state index contributed by atoms with van der Waals surface area (Å²) in [7, 11) is 0. The lowest BCUT2D eigenvalue weighted by Crippen LogP contribution is -2.41. The Kier molecular flexibility index (Phi) is 4.31. The normalized spacial score (nSPS) is 11.1. The molecule has 0 aliphatic heterocycles. The predicted octanol–water partition coefficient (Wildman–Crippen LogP) is 0.740. The Morgan fingerprint density at radius 2 is 1.96 bits per heavy atom. The molecule has 0 unspecified atom stereocenters. The number of amides is 1. The van der Waals surface area contributed by atoms with Crippen LogP contribution < -0.4 is 27.9 Å². The molecule has 1 heterocycles. The van der Waals surface area contributed by atoms with E-state index in [0.29, 0.717) is 11.3 Å². The minimum absolute atomic E-state index is 0.205. The number of H-pyrrole nitrogens is 1. The number of hydrazine groups is 2. The Balaban J connectivity index is 1.80. The van der Waals surface area contributed by atoms with Crippen LogP contribution in [0.3, 0.4) is 0 Å². The van der Waals surface area contributed by atoms with Gasteiger partial charge >= 0.3 is 0 Å². The fraction of sp³-hybridized carbons (Fsp3) is 0.0667. The molecular weight excluding hydrogens is 294 g/mol. The average Bonchev–Trinajstić information content (AvgIpc) is 3.04. The van der Waals surface area contributed by atoms with Crippen LogP contribution in [0.15, 0.2) is 48.7 Å². The Labute approximate surface area is 132 Å². The number of benzene rings is 2. The Bertz CT molecular complexity index is 825. The number of nitrogens with two attached hydrogens (primary N) is 2. The van der Waals surface area contributed by atoms with Gasteiger partial charge in [-0.15, -0.1) is 0 Å². The summed E-state index contributed by atoms with van der Waals surface area (Å²) < 4.78 is 0. The second-order valence-corrected chi connectivity index (χ2v) is 5.02. The van der Waals surface area contributed by atoms with E-state index in [2.05, 4.69) is 26.4 Å². The van der Waals surface area contributed by atoms with Crippen molar-refractivity contribution in [3.05, 3.63) is 59.8 Å². The summed E-state index contributed by atoms with van der Waals surface area (Å²) >= 11 is 0. The number of nitrogens with one attached hydrogen (secondary N) is 4. The van der Waals surface area contributed by atoms with Gasteiger partial charge < -0.3 is 5.32 Å². The number of nitrogens with zero attached hydrogens (tertiary/aromatic N) is 1. The lowest BCUT2D eigenvalue weighted by molar-refractivity contribution is 0.102. The molecule has 0 fully saturated rings. The van der Waals surface area contributed by atoms with Gasteiger partial charge in [-0.1, -0.05) is 12.1 Å². The van der Waals surface area contributed by atoms with Crippen LogP contribution in [0, 0.1) is 0 Å². The first-order valence-electron chi connectivity index (χ1n) is 6.98. The van der Waals surface area contributed by atoms with E-state index in [9.17, 15) is 4.79 Å². The minimum atomic E-state index is -0.408. The van der Waals surface area contributed by atoms with E-state index in [1.807, 2.05) is 18.2 Å². The van der Waals surface area contributed by atoms with Crippen molar-refractivity contribution < 1.29 is 4.79 Å². The fourth-order valence-electron chi connectivity index (χ4n) is 2.32. The van der Waals surface area contributed by atoms with Crippen molar-refractivity contribution in [1.29, 1.82) is 0 Å². The van der Waals surface area contributed by atoms with Crippen LogP contribution in [0.1, 0.15) is 22.1 Å². The molecule has 0 aliphatic rings. The summed E-state index contributed by atoms with van der Waals surface area (Å²) in [6.45, 7) is 0. The van der Waals surface area contributed by atoms with Gasteiger partial charge in [0, 0.05) is 16.6 Å². The number of hydrogen-bond acceptors (Lipinski definition) is 6. The highest BCUT2D eigenvalue weighted by Crippen LogP contribution is 2.18. The summed E-state index contributed by atoms with van der Waals surface area (Å²) in [6.07, 6.45) is 1.27. The number of carbonyl (C=O) groups excluding carboxylic acids is 1. The zero-order valence-corrected chi connectivity index (χ0v) is 12.2. The molecule has 0 radical (unpaired) electrons. The number of anilines is 1. The average molecular weight is 311 g/mol. The van der Waals surface area contributed by atoms with Crippen LogP contribution >= 0.6 is 0 Å². The highest BCUT2D eigenvalue weighted by atomic mass is 16.1.